The Morgan fingerprint density at radius 2 is 1.55 bits per heavy atom. The van der Waals surface area contributed by atoms with Crippen LogP contribution in [0, 0.1) is 6.58 Å². The van der Waals surface area contributed by atoms with Gasteiger partial charge in [0, 0.05) is 19.2 Å². The molecule has 4 N–H and O–H groups in total. The van der Waals surface area contributed by atoms with E-state index >= 15 is 0 Å². The number of hydrogen-bond acceptors (Lipinski definition) is 5. The Balaban J connectivity index is -0.0000000805. The first-order chi connectivity index (χ1) is 13.1. The average Bonchev–Trinajstić information content (AvgIpc) is 2.71. The van der Waals surface area contributed by atoms with Crippen LogP contribution >= 0.6 is 11.6 Å². The van der Waals surface area contributed by atoms with Crippen molar-refractivity contribution in [2.45, 2.75) is 25.9 Å². The Kier molecular flexibility index (Phi) is 60.2. The number of allylic oxidation sites excluding steroid dienone is 1. The zero-order valence-corrected chi connectivity index (χ0v) is 20.7. The molecule has 1 aromatic rings. The predicted octanol–water partition coefficient (Wildman–Crippen LogP) is 0.803. The molecule has 0 atom stereocenters. The first-order valence-corrected chi connectivity index (χ1v) is 8.47. The van der Waals surface area contributed by atoms with Crippen molar-refractivity contribution in [3.05, 3.63) is 74.4 Å². The molecule has 0 radical (unpaired) electrons. The van der Waals surface area contributed by atoms with Crippen molar-refractivity contribution < 1.29 is 41.6 Å². The molecule has 0 saturated carbocycles. The number of carbonyl (C=O) groups excluding carboxylic acids is 1. The molecule has 0 unspecified atom stereocenters. The fourth-order valence-corrected chi connectivity index (χ4v) is 1.34. The van der Waals surface area contributed by atoms with E-state index < -0.39 is 5.97 Å². The van der Waals surface area contributed by atoms with Gasteiger partial charge in [-0.15, -0.1) is 24.8 Å². The van der Waals surface area contributed by atoms with Crippen molar-refractivity contribution >= 4 is 46.4 Å². The molecular formula is C20H31BrClMgNO5. The molecule has 9 heteroatoms. The van der Waals surface area contributed by atoms with Crippen LogP contribution in [0.5, 0.6) is 0 Å². The maximum atomic E-state index is 11.1. The molecule has 0 amide bonds. The molecule has 1 rings (SSSR count). The van der Waals surface area contributed by atoms with Crippen molar-refractivity contribution in [2.24, 2.45) is 5.90 Å². The van der Waals surface area contributed by atoms with Gasteiger partial charge in [0.25, 0.3) is 0 Å². The van der Waals surface area contributed by atoms with E-state index in [1.807, 2.05) is 30.3 Å². The Morgan fingerprint density at radius 3 is 1.90 bits per heavy atom. The molecule has 0 aromatic heterocycles. The summed E-state index contributed by atoms with van der Waals surface area (Å²) in [7, 11) is 0. The number of alkyl halides is 1. The first kappa shape index (κ1) is 42.2. The zero-order valence-electron chi connectivity index (χ0n) is 16.9. The minimum absolute atomic E-state index is 0. The van der Waals surface area contributed by atoms with E-state index in [2.05, 4.69) is 43.8 Å². The predicted molar refractivity (Wildman–Crippen MR) is 116 cm³/mol. The number of carboxylic acid groups (broad SMARTS) is 1. The van der Waals surface area contributed by atoms with Crippen molar-refractivity contribution in [2.75, 3.05) is 13.0 Å². The summed E-state index contributed by atoms with van der Waals surface area (Å²) in [4.78, 5) is 20.6. The summed E-state index contributed by atoms with van der Waals surface area (Å²) >= 11 is 4.64. The number of rotatable bonds is 9. The maximum Gasteiger partial charge on any atom is 2.00 e. The third kappa shape index (κ3) is 42.2. The molecule has 0 aliphatic heterocycles. The molecule has 0 saturated heterocycles. The molecular weight excluding hydrogens is 474 g/mol. The van der Waals surface area contributed by atoms with Gasteiger partial charge in [0.1, 0.15) is 5.78 Å². The summed E-state index contributed by atoms with van der Waals surface area (Å²) in [5.41, 5.74) is 1.13. The summed E-state index contributed by atoms with van der Waals surface area (Å²) in [6.07, 6.45) is 5.41. The number of aliphatic carboxylic acids is 1. The number of ketones is 1. The van der Waals surface area contributed by atoms with Gasteiger partial charge in [0.15, 0.2) is 0 Å². The second-order valence-electron chi connectivity index (χ2n) is 4.21. The van der Waals surface area contributed by atoms with Gasteiger partial charge in [-0.2, -0.15) is 0 Å². The maximum absolute atomic E-state index is 11.1. The minimum atomic E-state index is -0.829. The molecule has 162 valence electrons. The second-order valence-corrected chi connectivity index (χ2v) is 4.21. The largest absolute Gasteiger partial charge is 2.00 e. The summed E-state index contributed by atoms with van der Waals surface area (Å²) in [5.74, 6) is 2.85. The molecule has 0 aliphatic rings. The number of hydrogen-bond donors (Lipinski definition) is 3. The Labute approximate surface area is 206 Å². The molecule has 0 aliphatic carbocycles. The van der Waals surface area contributed by atoms with Gasteiger partial charge in [-0.1, -0.05) is 42.5 Å². The van der Waals surface area contributed by atoms with Gasteiger partial charge in [0.2, 0.25) is 0 Å². The van der Waals surface area contributed by atoms with E-state index in [1.165, 1.54) is 12.5 Å². The van der Waals surface area contributed by atoms with Gasteiger partial charge in [0.05, 0.1) is 19.6 Å². The van der Waals surface area contributed by atoms with Crippen LogP contribution in [-0.4, -0.2) is 58.1 Å². The smallest absolute Gasteiger partial charge is 1.00 e. The molecule has 0 fully saturated rings. The van der Waals surface area contributed by atoms with Gasteiger partial charge in [-0.25, -0.2) is 5.90 Å². The SMILES string of the molecule is C=CCC(=O)CCOCc1ccccc1.C=CCC(=O)O.CCl.NO.[Br-].[CH-]=C.[Mg+2]. The van der Waals surface area contributed by atoms with E-state index in [0.29, 0.717) is 26.1 Å². The van der Waals surface area contributed by atoms with Crippen LogP contribution in [0.2, 0.25) is 0 Å². The van der Waals surface area contributed by atoms with Gasteiger partial charge in [-0.3, -0.25) is 16.2 Å². The van der Waals surface area contributed by atoms with Crippen molar-refractivity contribution in [3.8, 4) is 0 Å². The van der Waals surface area contributed by atoms with E-state index in [-0.39, 0.29) is 52.2 Å². The van der Waals surface area contributed by atoms with E-state index in [0.717, 1.165) is 5.56 Å². The number of halogens is 2. The molecule has 0 spiro atoms. The minimum Gasteiger partial charge on any atom is -1.00 e. The Hall–Kier alpha value is -1.00. The summed E-state index contributed by atoms with van der Waals surface area (Å²) in [6.45, 7) is 14.8. The van der Waals surface area contributed by atoms with Crippen LogP contribution in [0.4, 0.5) is 0 Å². The van der Waals surface area contributed by atoms with Gasteiger partial charge >= 0.3 is 29.0 Å². The van der Waals surface area contributed by atoms with E-state index in [9.17, 15) is 9.59 Å². The standard InChI is InChI=1S/C13H16O2.C4H6O2.C2H3.CH3Cl.BrH.Mg.H3NO/c1-2-6-13(14)9-10-15-11-12-7-4-3-5-8-12;1-2-3-4(5)6;2*1-2;;;1-2/h2-5,7-8H,1,6,9-11H2;2H,1,3H2,(H,5,6);1H,2H2;1H3;1H;;2H,1H2/q;;-1;;;+2;/p-1. The van der Waals surface area contributed by atoms with Crippen LogP contribution in [0.15, 0.2) is 62.2 Å². The third-order valence-electron chi connectivity index (χ3n) is 2.33. The Bertz CT molecular complexity index is 479. The van der Waals surface area contributed by atoms with Crippen LogP contribution in [0.1, 0.15) is 24.8 Å². The first-order valence-electron chi connectivity index (χ1n) is 7.71. The summed E-state index contributed by atoms with van der Waals surface area (Å²) < 4.78 is 5.38. The van der Waals surface area contributed by atoms with Crippen molar-refractivity contribution in [3.63, 3.8) is 0 Å². The van der Waals surface area contributed by atoms with Gasteiger partial charge < -0.3 is 38.6 Å². The summed E-state index contributed by atoms with van der Waals surface area (Å²) in [5, 5.41) is 14.3. The van der Waals surface area contributed by atoms with E-state index in [1.54, 1.807) is 6.08 Å². The number of benzene rings is 1. The van der Waals surface area contributed by atoms with Crippen LogP contribution in [0.3, 0.4) is 0 Å². The number of ether oxygens (including phenoxy) is 1. The molecule has 0 heterocycles. The van der Waals surface area contributed by atoms with Crippen LogP contribution in [0.25, 0.3) is 0 Å². The van der Waals surface area contributed by atoms with Crippen LogP contribution in [-0.2, 0) is 20.9 Å². The molecule has 6 nitrogen and oxygen atoms in total. The van der Waals surface area contributed by atoms with Gasteiger partial charge in [-0.05, 0) is 5.56 Å². The normalized spacial score (nSPS) is 7.17. The zero-order chi connectivity index (χ0) is 21.9. The van der Waals surface area contributed by atoms with Crippen LogP contribution < -0.4 is 22.9 Å². The molecule has 1 aromatic carbocycles. The Morgan fingerprint density at radius 1 is 1.10 bits per heavy atom. The number of carboxylic acids is 1. The number of Topliss-reactive ketones (excluding diaryl/α,β-unsaturated/α-hetero) is 1. The quantitative estimate of drug-likeness (QED) is 0.115. The summed E-state index contributed by atoms with van der Waals surface area (Å²) in [6, 6.07) is 9.93. The third-order valence-corrected chi connectivity index (χ3v) is 2.33. The van der Waals surface area contributed by atoms with Crippen molar-refractivity contribution in [1.82, 2.24) is 0 Å². The average molecular weight is 505 g/mol. The molecule has 29 heavy (non-hydrogen) atoms. The topological polar surface area (TPSA) is 110 Å². The molecule has 0 bridgehead atoms. The van der Waals surface area contributed by atoms with Crippen molar-refractivity contribution in [1.29, 1.82) is 0 Å². The van der Waals surface area contributed by atoms with E-state index in [4.69, 9.17) is 15.1 Å². The number of carbonyl (C=O) groups is 2. The monoisotopic (exact) mass is 503 g/mol. The fourth-order valence-electron chi connectivity index (χ4n) is 1.34. The second kappa shape index (κ2) is 41.4. The number of nitrogens with two attached hydrogens (primary N) is 1. The fraction of sp³-hybridized carbons (Fsp3) is 0.300.